The summed E-state index contributed by atoms with van der Waals surface area (Å²) < 4.78 is 1.10. The van der Waals surface area contributed by atoms with Gasteiger partial charge in [0.15, 0.2) is 0 Å². The van der Waals surface area contributed by atoms with Crippen LogP contribution in [0.15, 0.2) is 53.0 Å². The highest BCUT2D eigenvalue weighted by atomic mass is 79.9. The van der Waals surface area contributed by atoms with Crippen molar-refractivity contribution < 1.29 is 5.11 Å². The molecule has 1 nitrogen and oxygen atoms in total. The lowest BCUT2D eigenvalue weighted by atomic mass is 9.92. The molecule has 108 valence electrons. The molecule has 0 aromatic heterocycles. The molecule has 1 N–H and O–H groups in total. The van der Waals surface area contributed by atoms with Crippen LogP contribution in [0, 0.1) is 11.8 Å². The van der Waals surface area contributed by atoms with Gasteiger partial charge < -0.3 is 5.11 Å². The standard InChI is InChI=1S/C19H19BrO/c20-16-8-4-2-6-13(16)11-17(21)19-15-10-9-12-5-1-3-7-14(12)18(15)19/h1-8,15,17-19,21H,9-11H2. The highest BCUT2D eigenvalue weighted by molar-refractivity contribution is 9.10. The van der Waals surface area contributed by atoms with E-state index in [1.165, 1.54) is 29.5 Å². The minimum Gasteiger partial charge on any atom is -0.392 e. The van der Waals surface area contributed by atoms with Gasteiger partial charge in [-0.15, -0.1) is 0 Å². The molecule has 4 rings (SSSR count). The molecule has 2 heteroatoms. The zero-order valence-corrected chi connectivity index (χ0v) is 13.5. The normalized spacial score (nSPS) is 27.6. The van der Waals surface area contributed by atoms with E-state index in [1.54, 1.807) is 0 Å². The van der Waals surface area contributed by atoms with E-state index in [0.29, 0.717) is 17.8 Å². The first-order valence-corrected chi connectivity index (χ1v) is 8.54. The predicted molar refractivity (Wildman–Crippen MR) is 88.3 cm³/mol. The number of aliphatic hydroxyl groups excluding tert-OH is 1. The van der Waals surface area contributed by atoms with Crippen molar-refractivity contribution in [1.29, 1.82) is 0 Å². The van der Waals surface area contributed by atoms with Gasteiger partial charge >= 0.3 is 0 Å². The smallest absolute Gasteiger partial charge is 0.0617 e. The lowest BCUT2D eigenvalue weighted by Gasteiger charge is -2.13. The fourth-order valence-corrected chi connectivity index (χ4v) is 4.62. The van der Waals surface area contributed by atoms with Gasteiger partial charge in [-0.2, -0.15) is 0 Å². The molecule has 21 heavy (non-hydrogen) atoms. The summed E-state index contributed by atoms with van der Waals surface area (Å²) in [6, 6.07) is 17.0. The summed E-state index contributed by atoms with van der Waals surface area (Å²) in [5.74, 6) is 1.73. The highest BCUT2D eigenvalue weighted by Crippen LogP contribution is 2.61. The van der Waals surface area contributed by atoms with Gasteiger partial charge in [0.25, 0.3) is 0 Å². The van der Waals surface area contributed by atoms with Crippen molar-refractivity contribution in [2.75, 3.05) is 0 Å². The van der Waals surface area contributed by atoms with Gasteiger partial charge in [-0.1, -0.05) is 58.4 Å². The number of rotatable bonds is 3. The Labute approximate surface area is 134 Å². The molecule has 1 fully saturated rings. The van der Waals surface area contributed by atoms with Crippen LogP contribution in [-0.4, -0.2) is 11.2 Å². The van der Waals surface area contributed by atoms with Crippen LogP contribution >= 0.6 is 15.9 Å². The van der Waals surface area contributed by atoms with E-state index in [0.717, 1.165) is 10.9 Å². The summed E-state index contributed by atoms with van der Waals surface area (Å²) in [6.45, 7) is 0. The third-order valence-electron chi connectivity index (χ3n) is 5.22. The maximum atomic E-state index is 10.7. The van der Waals surface area contributed by atoms with E-state index in [9.17, 15) is 5.11 Å². The van der Waals surface area contributed by atoms with Crippen molar-refractivity contribution in [3.8, 4) is 0 Å². The molecule has 1 saturated carbocycles. The summed E-state index contributed by atoms with van der Waals surface area (Å²) in [4.78, 5) is 0. The molecule has 4 atom stereocenters. The number of aryl methyl sites for hydroxylation is 1. The molecular formula is C19H19BrO. The molecule has 2 aliphatic carbocycles. The summed E-state index contributed by atoms with van der Waals surface area (Å²) in [5.41, 5.74) is 4.20. The summed E-state index contributed by atoms with van der Waals surface area (Å²) >= 11 is 3.59. The quantitative estimate of drug-likeness (QED) is 0.880. The fourth-order valence-electron chi connectivity index (χ4n) is 4.17. The van der Waals surface area contributed by atoms with Crippen molar-refractivity contribution in [2.24, 2.45) is 11.8 Å². The molecule has 0 bridgehead atoms. The first-order valence-electron chi connectivity index (χ1n) is 7.75. The second-order valence-corrected chi connectivity index (χ2v) is 7.22. The van der Waals surface area contributed by atoms with Gasteiger partial charge in [0.05, 0.1) is 6.10 Å². The number of aliphatic hydroxyl groups is 1. The van der Waals surface area contributed by atoms with E-state index in [-0.39, 0.29) is 6.10 Å². The predicted octanol–water partition coefficient (Wildman–Crippen LogP) is 4.33. The molecule has 0 amide bonds. The average molecular weight is 343 g/mol. The minimum atomic E-state index is -0.232. The van der Waals surface area contributed by atoms with Crippen molar-refractivity contribution >= 4 is 15.9 Å². The molecule has 0 spiro atoms. The second-order valence-electron chi connectivity index (χ2n) is 6.37. The minimum absolute atomic E-state index is 0.232. The van der Waals surface area contributed by atoms with Gasteiger partial charge in [-0.25, -0.2) is 0 Å². The number of hydrogen-bond acceptors (Lipinski definition) is 1. The van der Waals surface area contributed by atoms with Crippen molar-refractivity contribution in [3.05, 3.63) is 69.7 Å². The van der Waals surface area contributed by atoms with Crippen LogP contribution in [-0.2, 0) is 12.8 Å². The van der Waals surface area contributed by atoms with Crippen LogP contribution in [0.4, 0.5) is 0 Å². The molecule has 0 saturated heterocycles. The Hall–Kier alpha value is -1.12. The van der Waals surface area contributed by atoms with Gasteiger partial charge in [-0.3, -0.25) is 0 Å². The monoisotopic (exact) mass is 342 g/mol. The Kier molecular flexibility index (Phi) is 3.39. The zero-order chi connectivity index (χ0) is 14.4. The number of benzene rings is 2. The first-order chi connectivity index (χ1) is 10.3. The Morgan fingerprint density at radius 1 is 1.10 bits per heavy atom. The van der Waals surface area contributed by atoms with Gasteiger partial charge in [0.2, 0.25) is 0 Å². The Balaban J connectivity index is 1.53. The summed E-state index contributed by atoms with van der Waals surface area (Å²) in [7, 11) is 0. The number of halogens is 1. The molecule has 2 aliphatic rings. The Morgan fingerprint density at radius 2 is 1.86 bits per heavy atom. The van der Waals surface area contributed by atoms with Crippen LogP contribution in [0.1, 0.15) is 29.0 Å². The lowest BCUT2D eigenvalue weighted by molar-refractivity contribution is 0.143. The molecular weight excluding hydrogens is 324 g/mol. The van der Waals surface area contributed by atoms with Crippen LogP contribution in [0.2, 0.25) is 0 Å². The topological polar surface area (TPSA) is 20.2 Å². The average Bonchev–Trinajstić information content (AvgIpc) is 3.24. The van der Waals surface area contributed by atoms with E-state index in [2.05, 4.69) is 52.3 Å². The lowest BCUT2D eigenvalue weighted by Crippen LogP contribution is -2.15. The third kappa shape index (κ3) is 2.35. The van der Waals surface area contributed by atoms with Crippen molar-refractivity contribution in [2.45, 2.75) is 31.3 Å². The third-order valence-corrected chi connectivity index (χ3v) is 6.00. The number of fused-ring (bicyclic) bond motifs is 3. The van der Waals surface area contributed by atoms with Crippen molar-refractivity contribution in [1.82, 2.24) is 0 Å². The van der Waals surface area contributed by atoms with Crippen LogP contribution in [0.3, 0.4) is 0 Å². The van der Waals surface area contributed by atoms with Crippen LogP contribution < -0.4 is 0 Å². The van der Waals surface area contributed by atoms with Crippen LogP contribution in [0.5, 0.6) is 0 Å². The second kappa shape index (κ2) is 5.26. The van der Waals surface area contributed by atoms with E-state index < -0.39 is 0 Å². The zero-order valence-electron chi connectivity index (χ0n) is 11.9. The summed E-state index contributed by atoms with van der Waals surface area (Å²) in [5, 5.41) is 10.7. The highest BCUT2D eigenvalue weighted by Gasteiger charge is 2.55. The largest absolute Gasteiger partial charge is 0.392 e. The maximum absolute atomic E-state index is 10.7. The van der Waals surface area contributed by atoms with Gasteiger partial charge in [0.1, 0.15) is 0 Å². The fraction of sp³-hybridized carbons (Fsp3) is 0.368. The SMILES string of the molecule is OC(Cc1ccccc1Br)C1C2CCc3ccccc3C21. The molecule has 4 unspecified atom stereocenters. The van der Waals surface area contributed by atoms with Gasteiger partial charge in [-0.05, 0) is 59.8 Å². The van der Waals surface area contributed by atoms with Crippen LogP contribution in [0.25, 0.3) is 0 Å². The molecule has 2 aromatic carbocycles. The van der Waals surface area contributed by atoms with Crippen molar-refractivity contribution in [3.63, 3.8) is 0 Å². The Bertz CT molecular complexity index is 666. The maximum Gasteiger partial charge on any atom is 0.0617 e. The van der Waals surface area contributed by atoms with E-state index in [4.69, 9.17) is 0 Å². The molecule has 2 aromatic rings. The molecule has 0 radical (unpaired) electrons. The van der Waals surface area contributed by atoms with Gasteiger partial charge in [0, 0.05) is 4.47 Å². The molecule has 0 aliphatic heterocycles. The first kappa shape index (κ1) is 13.5. The molecule has 0 heterocycles. The Morgan fingerprint density at radius 3 is 2.71 bits per heavy atom. The summed E-state index contributed by atoms with van der Waals surface area (Å²) in [6.07, 6.45) is 2.93. The van der Waals surface area contributed by atoms with E-state index in [1.807, 2.05) is 12.1 Å². The number of hydrogen-bond donors (Lipinski definition) is 1. The van der Waals surface area contributed by atoms with E-state index >= 15 is 0 Å².